The van der Waals surface area contributed by atoms with Crippen molar-refractivity contribution in [3.05, 3.63) is 35.4 Å². The molecule has 4 nitrogen and oxygen atoms in total. The zero-order valence-electron chi connectivity index (χ0n) is 12.1. The van der Waals surface area contributed by atoms with E-state index in [9.17, 15) is 26.4 Å². The highest BCUT2D eigenvalue weighted by Crippen LogP contribution is 2.29. The summed E-state index contributed by atoms with van der Waals surface area (Å²) in [5, 5.41) is 2.46. The molecule has 0 aliphatic heterocycles. The Balaban J connectivity index is 2.71. The predicted octanol–water partition coefficient (Wildman–Crippen LogP) is 2.54. The van der Waals surface area contributed by atoms with Crippen LogP contribution in [0.1, 0.15) is 30.9 Å². The highest BCUT2D eigenvalue weighted by molar-refractivity contribution is 7.91. The summed E-state index contributed by atoms with van der Waals surface area (Å²) in [4.78, 5) is 11.5. The van der Waals surface area contributed by atoms with Crippen LogP contribution in [-0.4, -0.2) is 26.6 Å². The zero-order valence-corrected chi connectivity index (χ0v) is 12.9. The van der Waals surface area contributed by atoms with E-state index in [0.29, 0.717) is 6.54 Å². The van der Waals surface area contributed by atoms with Gasteiger partial charge in [0.25, 0.3) is 0 Å². The van der Waals surface area contributed by atoms with Gasteiger partial charge in [0.15, 0.2) is 9.84 Å². The second-order valence-electron chi connectivity index (χ2n) is 4.93. The van der Waals surface area contributed by atoms with Gasteiger partial charge in [-0.15, -0.1) is 0 Å². The molecule has 1 rings (SSSR count). The molecule has 0 saturated heterocycles. The van der Waals surface area contributed by atoms with E-state index in [0.717, 1.165) is 31.0 Å². The molecule has 0 saturated carbocycles. The summed E-state index contributed by atoms with van der Waals surface area (Å²) in [5.74, 6) is -1.97. The van der Waals surface area contributed by atoms with E-state index in [1.165, 1.54) is 6.07 Å². The van der Waals surface area contributed by atoms with Crippen LogP contribution in [0.2, 0.25) is 0 Å². The smallest absolute Gasteiger partial charge is 0.355 e. The van der Waals surface area contributed by atoms with E-state index in [4.69, 9.17) is 0 Å². The maximum atomic E-state index is 12.6. The van der Waals surface area contributed by atoms with Gasteiger partial charge in [-0.05, 0) is 18.1 Å². The van der Waals surface area contributed by atoms with Crippen molar-refractivity contribution >= 4 is 15.7 Å². The number of hydrogen-bond acceptors (Lipinski definition) is 3. The number of carbonyl (C=O) groups excluding carboxylic acids is 1. The molecule has 0 aliphatic rings. The first-order chi connectivity index (χ1) is 10.1. The number of hydrogen-bond donors (Lipinski definition) is 1. The third-order valence-electron chi connectivity index (χ3n) is 2.84. The van der Waals surface area contributed by atoms with Crippen LogP contribution in [0.25, 0.3) is 0 Å². The molecule has 0 unspecified atom stereocenters. The largest absolute Gasteiger partial charge is 0.416 e. The number of rotatable bonds is 7. The lowest BCUT2D eigenvalue weighted by Crippen LogP contribution is -2.31. The van der Waals surface area contributed by atoms with E-state index in [1.54, 1.807) is 0 Å². The Kier molecular flexibility index (Phi) is 6.40. The van der Waals surface area contributed by atoms with Gasteiger partial charge in [-0.2, -0.15) is 13.2 Å². The molecule has 1 aromatic rings. The zero-order chi connectivity index (χ0) is 16.8. The summed E-state index contributed by atoms with van der Waals surface area (Å²) in [6, 6.07) is 4.09. The SMILES string of the molecule is CCCCNC(=O)CS(=O)(=O)Cc1cccc(C(F)(F)F)c1. The van der Waals surface area contributed by atoms with Gasteiger partial charge in [0.1, 0.15) is 5.75 Å². The molecule has 0 heterocycles. The third kappa shape index (κ3) is 6.46. The number of amides is 1. The summed E-state index contributed by atoms with van der Waals surface area (Å²) in [6.07, 6.45) is -2.94. The van der Waals surface area contributed by atoms with Crippen LogP contribution >= 0.6 is 0 Å². The first-order valence-corrected chi connectivity index (χ1v) is 8.59. The Morgan fingerprint density at radius 3 is 2.55 bits per heavy atom. The van der Waals surface area contributed by atoms with Crippen LogP contribution in [-0.2, 0) is 26.6 Å². The number of alkyl halides is 3. The van der Waals surface area contributed by atoms with Crippen LogP contribution in [0.4, 0.5) is 13.2 Å². The van der Waals surface area contributed by atoms with E-state index >= 15 is 0 Å². The van der Waals surface area contributed by atoms with Crippen LogP contribution < -0.4 is 5.32 Å². The molecule has 8 heteroatoms. The summed E-state index contributed by atoms with van der Waals surface area (Å²) >= 11 is 0. The first kappa shape index (κ1) is 18.5. The summed E-state index contributed by atoms with van der Waals surface area (Å²) in [7, 11) is -3.81. The molecule has 0 atom stereocenters. The molecule has 0 spiro atoms. The molecule has 0 aliphatic carbocycles. The maximum absolute atomic E-state index is 12.6. The average molecular weight is 337 g/mol. The lowest BCUT2D eigenvalue weighted by molar-refractivity contribution is -0.137. The molecule has 1 N–H and O–H groups in total. The molecule has 124 valence electrons. The van der Waals surface area contributed by atoms with Gasteiger partial charge < -0.3 is 5.32 Å². The van der Waals surface area contributed by atoms with Crippen molar-refractivity contribution in [3.63, 3.8) is 0 Å². The Morgan fingerprint density at radius 1 is 1.27 bits per heavy atom. The topological polar surface area (TPSA) is 63.2 Å². The molecule has 1 aromatic carbocycles. The van der Waals surface area contributed by atoms with Crippen LogP contribution in [0.5, 0.6) is 0 Å². The second kappa shape index (κ2) is 7.62. The minimum atomic E-state index is -4.53. The van der Waals surface area contributed by atoms with E-state index in [2.05, 4.69) is 5.32 Å². The minimum absolute atomic E-state index is 0.0104. The highest BCUT2D eigenvalue weighted by atomic mass is 32.2. The second-order valence-corrected chi connectivity index (χ2v) is 7.00. The van der Waals surface area contributed by atoms with Crippen molar-refractivity contribution in [2.75, 3.05) is 12.3 Å². The Morgan fingerprint density at radius 2 is 1.95 bits per heavy atom. The quantitative estimate of drug-likeness (QED) is 0.778. The van der Waals surface area contributed by atoms with E-state index in [1.807, 2.05) is 6.92 Å². The average Bonchev–Trinajstić information content (AvgIpc) is 2.37. The number of halogens is 3. The number of carbonyl (C=O) groups is 1. The van der Waals surface area contributed by atoms with Crippen molar-refractivity contribution in [1.29, 1.82) is 0 Å². The molecule has 0 bridgehead atoms. The van der Waals surface area contributed by atoms with Crippen LogP contribution in [0, 0.1) is 0 Å². The number of benzene rings is 1. The van der Waals surface area contributed by atoms with Crippen molar-refractivity contribution in [2.45, 2.75) is 31.7 Å². The van der Waals surface area contributed by atoms with Gasteiger partial charge in [0.2, 0.25) is 5.91 Å². The minimum Gasteiger partial charge on any atom is -0.355 e. The molecular formula is C14H18F3NO3S. The van der Waals surface area contributed by atoms with Gasteiger partial charge in [0.05, 0.1) is 11.3 Å². The lowest BCUT2D eigenvalue weighted by atomic mass is 10.1. The van der Waals surface area contributed by atoms with Crippen LogP contribution in [0.15, 0.2) is 24.3 Å². The number of nitrogens with one attached hydrogen (secondary N) is 1. The molecule has 22 heavy (non-hydrogen) atoms. The van der Waals surface area contributed by atoms with Gasteiger partial charge >= 0.3 is 6.18 Å². The van der Waals surface area contributed by atoms with E-state index in [-0.39, 0.29) is 5.56 Å². The monoisotopic (exact) mass is 337 g/mol. The molecule has 0 radical (unpaired) electrons. The van der Waals surface area contributed by atoms with Gasteiger partial charge in [-0.25, -0.2) is 8.42 Å². The van der Waals surface area contributed by atoms with E-state index < -0.39 is 39.0 Å². The number of unbranched alkanes of at least 4 members (excludes halogenated alkanes) is 1. The molecule has 1 amide bonds. The normalized spacial score (nSPS) is 12.2. The Hall–Kier alpha value is -1.57. The van der Waals surface area contributed by atoms with Crippen molar-refractivity contribution in [1.82, 2.24) is 5.32 Å². The fourth-order valence-electron chi connectivity index (χ4n) is 1.80. The first-order valence-electron chi connectivity index (χ1n) is 6.77. The summed E-state index contributed by atoms with van der Waals surface area (Å²) < 4.78 is 61.4. The van der Waals surface area contributed by atoms with Crippen LogP contribution in [0.3, 0.4) is 0 Å². The highest BCUT2D eigenvalue weighted by Gasteiger charge is 2.30. The van der Waals surface area contributed by atoms with Crippen molar-refractivity contribution in [2.24, 2.45) is 0 Å². The molecular weight excluding hydrogens is 319 g/mol. The third-order valence-corrected chi connectivity index (χ3v) is 4.32. The molecule has 0 fully saturated rings. The van der Waals surface area contributed by atoms with Crippen molar-refractivity contribution in [3.8, 4) is 0 Å². The summed E-state index contributed by atoms with van der Waals surface area (Å²) in [5.41, 5.74) is -0.899. The van der Waals surface area contributed by atoms with Gasteiger partial charge in [-0.3, -0.25) is 4.79 Å². The predicted molar refractivity (Wildman–Crippen MR) is 76.9 cm³/mol. The van der Waals surface area contributed by atoms with Gasteiger partial charge in [-0.1, -0.05) is 31.5 Å². The fourth-order valence-corrected chi connectivity index (χ4v) is 3.09. The standard InChI is InChI=1S/C14H18F3NO3S/c1-2-3-7-18-13(19)10-22(20,21)9-11-5-4-6-12(8-11)14(15,16)17/h4-6,8H,2-3,7,9-10H2,1H3,(H,18,19). The Bertz CT molecular complexity index is 612. The molecule has 0 aromatic heterocycles. The van der Waals surface area contributed by atoms with Crippen molar-refractivity contribution < 1.29 is 26.4 Å². The maximum Gasteiger partial charge on any atom is 0.416 e. The number of sulfone groups is 1. The lowest BCUT2D eigenvalue weighted by Gasteiger charge is -2.09. The summed E-state index contributed by atoms with van der Waals surface area (Å²) in [6.45, 7) is 2.31. The fraction of sp³-hybridized carbons (Fsp3) is 0.500. The van der Waals surface area contributed by atoms with Gasteiger partial charge in [0, 0.05) is 6.54 Å². The Labute approximate surface area is 127 Å².